The Kier molecular flexibility index (Phi) is 36.6. The molecule has 0 radical (unpaired) electrons. The number of unbranched alkanes of at least 4 members (excludes halogenated alkanes) is 34. The second-order valence-corrected chi connectivity index (χ2v) is 13.7. The fraction of sp³-hybridized carbons (Fsp3) is 0.950. The molecule has 0 aliphatic heterocycles. The molecule has 0 aliphatic rings. The molecule has 0 rings (SSSR count). The van der Waals surface area contributed by atoms with Crippen LogP contribution in [0, 0.1) is 0 Å². The van der Waals surface area contributed by atoms with Crippen LogP contribution in [-0.2, 0) is 14.3 Å². The summed E-state index contributed by atoms with van der Waals surface area (Å²) in [7, 11) is 0. The van der Waals surface area contributed by atoms with Crippen LogP contribution >= 0.6 is 0 Å². The second kappa shape index (κ2) is 37.3. The van der Waals surface area contributed by atoms with Crippen LogP contribution in [0.4, 0.5) is 0 Å². The van der Waals surface area contributed by atoms with Gasteiger partial charge in [0.2, 0.25) is 0 Å². The lowest BCUT2D eigenvalue weighted by Crippen LogP contribution is -2.08. The molecule has 0 aliphatic carbocycles. The summed E-state index contributed by atoms with van der Waals surface area (Å²) in [4.78, 5) is 22.0. The van der Waals surface area contributed by atoms with Crippen molar-refractivity contribution in [1.82, 2.24) is 0 Å². The molecule has 0 aromatic rings. The Bertz CT molecular complexity index is 558. The molecule has 0 saturated carbocycles. The largest absolute Gasteiger partial charge is 0.393 e. The van der Waals surface area contributed by atoms with Gasteiger partial charge in [-0.1, -0.05) is 225 Å². The smallest absolute Gasteiger partial charge is 0.313 e. The molecule has 0 atom stereocenters. The fourth-order valence-corrected chi connectivity index (χ4v) is 6.39. The number of hydrogen-bond acceptors (Lipinski definition) is 3. The minimum absolute atomic E-state index is 0.374. The highest BCUT2D eigenvalue weighted by molar-refractivity contribution is 5.83. The van der Waals surface area contributed by atoms with Crippen LogP contribution in [0.1, 0.15) is 245 Å². The highest BCUT2D eigenvalue weighted by Gasteiger charge is 2.05. The summed E-state index contributed by atoms with van der Waals surface area (Å²) in [6.07, 6.45) is 49.6. The van der Waals surface area contributed by atoms with E-state index in [0.717, 1.165) is 12.8 Å². The third kappa shape index (κ3) is 39.1. The van der Waals surface area contributed by atoms with Crippen molar-refractivity contribution in [1.29, 1.82) is 0 Å². The van der Waals surface area contributed by atoms with E-state index in [-0.39, 0.29) is 5.97 Å². The summed E-state index contributed by atoms with van der Waals surface area (Å²) in [6.45, 7) is 3.58. The molecule has 0 aromatic carbocycles. The van der Waals surface area contributed by atoms with Crippen molar-refractivity contribution in [2.24, 2.45) is 0 Å². The third-order valence-electron chi connectivity index (χ3n) is 9.24. The van der Waals surface area contributed by atoms with Gasteiger partial charge >= 0.3 is 11.9 Å². The van der Waals surface area contributed by atoms with Gasteiger partial charge in [-0.3, -0.25) is 9.59 Å². The van der Waals surface area contributed by atoms with Crippen LogP contribution in [0.5, 0.6) is 0 Å². The molecule has 256 valence electrons. The molecule has 0 spiro atoms. The summed E-state index contributed by atoms with van der Waals surface area (Å²) in [5.41, 5.74) is 0. The van der Waals surface area contributed by atoms with Gasteiger partial charge in [-0.2, -0.15) is 0 Å². The Balaban J connectivity index is 3.07. The first kappa shape index (κ1) is 42.1. The maximum atomic E-state index is 11.3. The van der Waals surface area contributed by atoms with Crippen molar-refractivity contribution >= 4 is 11.9 Å². The number of carbonyl (C=O) groups excluding carboxylic acids is 2. The highest BCUT2D eigenvalue weighted by Crippen LogP contribution is 2.17. The van der Waals surface area contributed by atoms with Crippen LogP contribution in [0.25, 0.3) is 0 Å². The Hall–Kier alpha value is -0.860. The van der Waals surface area contributed by atoms with Crippen molar-refractivity contribution in [3.63, 3.8) is 0 Å². The maximum Gasteiger partial charge on any atom is 0.313 e. The van der Waals surface area contributed by atoms with Gasteiger partial charge in [-0.15, -0.1) is 0 Å². The van der Waals surface area contributed by atoms with E-state index < -0.39 is 5.97 Å². The third-order valence-corrected chi connectivity index (χ3v) is 9.24. The molecular formula is C40H78O3. The van der Waals surface area contributed by atoms with E-state index in [1.165, 1.54) is 219 Å². The molecule has 0 saturated heterocycles. The minimum Gasteiger partial charge on any atom is -0.393 e. The number of hydrogen-bond donors (Lipinski definition) is 0. The quantitative estimate of drug-likeness (QED) is 0.0405. The van der Waals surface area contributed by atoms with Gasteiger partial charge in [0.15, 0.2) is 0 Å². The molecule has 3 nitrogen and oxygen atoms in total. The van der Waals surface area contributed by atoms with Gasteiger partial charge in [0.05, 0.1) is 0 Å². The van der Waals surface area contributed by atoms with E-state index in [9.17, 15) is 9.59 Å². The summed E-state index contributed by atoms with van der Waals surface area (Å²) in [5, 5.41) is 0. The molecule has 3 heteroatoms. The van der Waals surface area contributed by atoms with Gasteiger partial charge in [-0.25, -0.2) is 0 Å². The van der Waals surface area contributed by atoms with Crippen molar-refractivity contribution in [3.05, 3.63) is 0 Å². The lowest BCUT2D eigenvalue weighted by molar-refractivity contribution is -0.158. The lowest BCUT2D eigenvalue weighted by Gasteiger charge is -2.05. The van der Waals surface area contributed by atoms with E-state index in [2.05, 4.69) is 11.7 Å². The van der Waals surface area contributed by atoms with Crippen LogP contribution in [0.15, 0.2) is 0 Å². The Labute approximate surface area is 270 Å². The zero-order chi connectivity index (χ0) is 31.3. The lowest BCUT2D eigenvalue weighted by atomic mass is 10.0. The number of rotatable bonds is 36. The van der Waals surface area contributed by atoms with Gasteiger partial charge in [-0.05, 0) is 6.42 Å². The second-order valence-electron chi connectivity index (χ2n) is 13.7. The fourth-order valence-electron chi connectivity index (χ4n) is 6.39. The first-order valence-corrected chi connectivity index (χ1v) is 19.9. The summed E-state index contributed by atoms with van der Waals surface area (Å²) < 4.78 is 4.54. The number of carbonyl (C=O) groups is 2. The van der Waals surface area contributed by atoms with Crippen LogP contribution < -0.4 is 0 Å². The molecule has 0 bridgehead atoms. The van der Waals surface area contributed by atoms with Gasteiger partial charge in [0.1, 0.15) is 0 Å². The molecule has 0 amide bonds. The Morgan fingerprint density at radius 2 is 0.512 bits per heavy atom. The van der Waals surface area contributed by atoms with Crippen molar-refractivity contribution < 1.29 is 14.3 Å². The normalized spacial score (nSPS) is 11.3. The molecule has 0 N–H and O–H groups in total. The van der Waals surface area contributed by atoms with Crippen molar-refractivity contribution in [2.75, 3.05) is 0 Å². The molecule has 0 fully saturated rings. The topological polar surface area (TPSA) is 43.4 Å². The highest BCUT2D eigenvalue weighted by atomic mass is 16.6. The monoisotopic (exact) mass is 607 g/mol. The number of esters is 2. The SMILES string of the molecule is CCCCCCCCCCCCCCCCCCCCCCCCCCCCCCCCCCCCCC(=O)OC(C)=O. The van der Waals surface area contributed by atoms with E-state index in [0.29, 0.717) is 6.42 Å². The molecule has 43 heavy (non-hydrogen) atoms. The minimum atomic E-state index is -0.499. The standard InChI is InChI=1S/C40H78O3/c1-3-4-5-6-7-8-9-10-11-12-13-14-15-16-17-18-19-20-21-22-23-24-25-26-27-28-29-30-31-32-33-34-35-36-37-38-40(42)43-39(2)41/h3-38H2,1-2H3. The van der Waals surface area contributed by atoms with Crippen LogP contribution in [0.2, 0.25) is 0 Å². The Morgan fingerprint density at radius 1 is 0.326 bits per heavy atom. The first-order chi connectivity index (χ1) is 21.2. The van der Waals surface area contributed by atoms with E-state index >= 15 is 0 Å². The van der Waals surface area contributed by atoms with Crippen molar-refractivity contribution in [3.8, 4) is 0 Å². The van der Waals surface area contributed by atoms with Gasteiger partial charge in [0.25, 0.3) is 0 Å². The summed E-state index contributed by atoms with van der Waals surface area (Å²) >= 11 is 0. The van der Waals surface area contributed by atoms with Gasteiger partial charge in [0, 0.05) is 13.3 Å². The predicted octanol–water partition coefficient (Wildman–Crippen LogP) is 14.1. The average molecular weight is 607 g/mol. The summed E-state index contributed by atoms with van der Waals surface area (Å²) in [5.74, 6) is -0.875. The van der Waals surface area contributed by atoms with Crippen LogP contribution in [0.3, 0.4) is 0 Å². The van der Waals surface area contributed by atoms with Crippen LogP contribution in [-0.4, -0.2) is 11.9 Å². The van der Waals surface area contributed by atoms with Crippen molar-refractivity contribution in [2.45, 2.75) is 245 Å². The van der Waals surface area contributed by atoms with E-state index in [1.807, 2.05) is 0 Å². The maximum absolute atomic E-state index is 11.3. The summed E-state index contributed by atoms with van der Waals surface area (Å²) in [6, 6.07) is 0. The molecule has 0 heterocycles. The zero-order valence-electron chi connectivity index (χ0n) is 29.7. The first-order valence-electron chi connectivity index (χ1n) is 19.9. The average Bonchev–Trinajstić information content (AvgIpc) is 2.98. The molecule has 0 aromatic heterocycles. The number of ether oxygens (including phenoxy) is 1. The predicted molar refractivity (Wildman–Crippen MR) is 189 cm³/mol. The van der Waals surface area contributed by atoms with Gasteiger partial charge < -0.3 is 4.74 Å². The molecule has 0 unspecified atom stereocenters. The molecular weight excluding hydrogens is 528 g/mol. The van der Waals surface area contributed by atoms with E-state index in [4.69, 9.17) is 0 Å². The zero-order valence-corrected chi connectivity index (χ0v) is 29.7. The Morgan fingerprint density at radius 3 is 0.698 bits per heavy atom. The van der Waals surface area contributed by atoms with E-state index in [1.54, 1.807) is 0 Å².